The van der Waals surface area contributed by atoms with E-state index in [0.29, 0.717) is 10.2 Å². The van der Waals surface area contributed by atoms with Gasteiger partial charge in [0.05, 0.1) is 10.6 Å². The SMILES string of the molecule is Cc1ccccc1OCC(=O)NNC(=O)c1cc(Br)ccc1Cl. The molecule has 0 spiro atoms. The van der Waals surface area contributed by atoms with Gasteiger partial charge in [0, 0.05) is 4.47 Å². The Labute approximate surface area is 147 Å². The molecule has 5 nitrogen and oxygen atoms in total. The number of aryl methyl sites for hydroxylation is 1. The first kappa shape index (κ1) is 17.3. The number of amides is 2. The van der Waals surface area contributed by atoms with Crippen molar-refractivity contribution in [3.63, 3.8) is 0 Å². The van der Waals surface area contributed by atoms with Crippen LogP contribution >= 0.6 is 27.5 Å². The van der Waals surface area contributed by atoms with Gasteiger partial charge in [-0.25, -0.2) is 0 Å². The van der Waals surface area contributed by atoms with Crippen LogP contribution in [-0.4, -0.2) is 18.4 Å². The fraction of sp³-hybridized carbons (Fsp3) is 0.125. The molecule has 0 aliphatic carbocycles. The molecule has 2 N–H and O–H groups in total. The van der Waals surface area contributed by atoms with Gasteiger partial charge in [-0.05, 0) is 36.8 Å². The number of rotatable bonds is 4. The highest BCUT2D eigenvalue weighted by Crippen LogP contribution is 2.20. The van der Waals surface area contributed by atoms with Crippen LogP contribution in [0.2, 0.25) is 5.02 Å². The Kier molecular flexibility index (Phi) is 6.01. The molecule has 0 fully saturated rings. The molecule has 0 unspecified atom stereocenters. The normalized spacial score (nSPS) is 10.0. The third kappa shape index (κ3) is 4.97. The Morgan fingerprint density at radius 1 is 1.17 bits per heavy atom. The van der Waals surface area contributed by atoms with Crippen LogP contribution in [0.4, 0.5) is 0 Å². The highest BCUT2D eigenvalue weighted by molar-refractivity contribution is 9.10. The van der Waals surface area contributed by atoms with Crippen LogP contribution in [-0.2, 0) is 4.79 Å². The Balaban J connectivity index is 1.86. The van der Waals surface area contributed by atoms with E-state index < -0.39 is 11.8 Å². The topological polar surface area (TPSA) is 67.4 Å². The number of hydrogen-bond donors (Lipinski definition) is 2. The lowest BCUT2D eigenvalue weighted by atomic mass is 10.2. The zero-order chi connectivity index (χ0) is 16.8. The zero-order valence-corrected chi connectivity index (χ0v) is 14.6. The van der Waals surface area contributed by atoms with E-state index in [1.807, 2.05) is 25.1 Å². The summed E-state index contributed by atoms with van der Waals surface area (Å²) in [5.41, 5.74) is 5.75. The number of para-hydroxylation sites is 1. The van der Waals surface area contributed by atoms with Crippen LogP contribution < -0.4 is 15.6 Å². The number of ether oxygens (including phenoxy) is 1. The lowest BCUT2D eigenvalue weighted by molar-refractivity contribution is -0.123. The lowest BCUT2D eigenvalue weighted by Gasteiger charge is -2.11. The van der Waals surface area contributed by atoms with Gasteiger partial charge in [-0.2, -0.15) is 0 Å². The highest BCUT2D eigenvalue weighted by atomic mass is 79.9. The maximum Gasteiger partial charge on any atom is 0.276 e. The summed E-state index contributed by atoms with van der Waals surface area (Å²) < 4.78 is 6.09. The average molecular weight is 398 g/mol. The van der Waals surface area contributed by atoms with Crippen LogP contribution in [0, 0.1) is 6.92 Å². The number of hydrogen-bond acceptors (Lipinski definition) is 3. The third-order valence-electron chi connectivity index (χ3n) is 2.94. The third-order valence-corrected chi connectivity index (χ3v) is 3.76. The van der Waals surface area contributed by atoms with E-state index in [0.717, 1.165) is 5.56 Å². The van der Waals surface area contributed by atoms with Gasteiger partial charge >= 0.3 is 0 Å². The summed E-state index contributed by atoms with van der Waals surface area (Å²) in [6.07, 6.45) is 0. The van der Waals surface area contributed by atoms with Gasteiger partial charge in [0.15, 0.2) is 6.61 Å². The van der Waals surface area contributed by atoms with Gasteiger partial charge in [-0.1, -0.05) is 45.7 Å². The van der Waals surface area contributed by atoms with Gasteiger partial charge in [0.25, 0.3) is 11.8 Å². The molecule has 2 aromatic carbocycles. The molecular formula is C16H14BrClN2O3. The first-order chi connectivity index (χ1) is 11.0. The molecule has 2 aromatic rings. The second-order valence-corrected chi connectivity index (χ2v) is 6.00. The summed E-state index contributed by atoms with van der Waals surface area (Å²) in [5, 5.41) is 0.288. The van der Waals surface area contributed by atoms with Crippen LogP contribution in [0.3, 0.4) is 0 Å². The van der Waals surface area contributed by atoms with Crippen molar-refractivity contribution in [2.45, 2.75) is 6.92 Å². The fourth-order valence-corrected chi connectivity index (χ4v) is 2.33. The van der Waals surface area contributed by atoms with E-state index in [4.69, 9.17) is 16.3 Å². The highest BCUT2D eigenvalue weighted by Gasteiger charge is 2.12. The van der Waals surface area contributed by atoms with E-state index in [1.54, 1.807) is 24.3 Å². The summed E-state index contributed by atoms with van der Waals surface area (Å²) in [6, 6.07) is 12.2. The molecule has 0 aromatic heterocycles. The summed E-state index contributed by atoms with van der Waals surface area (Å²) in [7, 11) is 0. The van der Waals surface area contributed by atoms with Crippen LogP contribution in [0.15, 0.2) is 46.9 Å². The molecule has 0 bridgehead atoms. The minimum absolute atomic E-state index is 0.211. The van der Waals surface area contributed by atoms with Crippen LogP contribution in [0.25, 0.3) is 0 Å². The van der Waals surface area contributed by atoms with E-state index >= 15 is 0 Å². The smallest absolute Gasteiger partial charge is 0.276 e. The Morgan fingerprint density at radius 3 is 2.65 bits per heavy atom. The van der Waals surface area contributed by atoms with Gasteiger partial charge in [-0.15, -0.1) is 0 Å². The van der Waals surface area contributed by atoms with Crippen molar-refractivity contribution in [3.8, 4) is 5.75 Å². The van der Waals surface area contributed by atoms with Crippen molar-refractivity contribution in [1.29, 1.82) is 0 Å². The molecule has 0 saturated heterocycles. The molecule has 0 aliphatic heterocycles. The predicted molar refractivity (Wildman–Crippen MR) is 91.4 cm³/mol. The van der Waals surface area contributed by atoms with Gasteiger partial charge < -0.3 is 4.74 Å². The molecule has 0 atom stereocenters. The molecule has 120 valence electrons. The lowest BCUT2D eigenvalue weighted by Crippen LogP contribution is -2.43. The monoisotopic (exact) mass is 396 g/mol. The number of carbonyl (C=O) groups excluding carboxylic acids is 2. The van der Waals surface area contributed by atoms with E-state index in [2.05, 4.69) is 26.8 Å². The number of benzene rings is 2. The molecule has 0 heterocycles. The van der Waals surface area contributed by atoms with Gasteiger partial charge in [0.1, 0.15) is 5.75 Å². The maximum atomic E-state index is 12.0. The summed E-state index contributed by atoms with van der Waals surface area (Å²) in [5.74, 6) is -0.378. The Morgan fingerprint density at radius 2 is 1.91 bits per heavy atom. The number of nitrogens with one attached hydrogen (secondary N) is 2. The standard InChI is InChI=1S/C16H14BrClN2O3/c1-10-4-2-3-5-14(10)23-9-15(21)19-20-16(22)12-8-11(17)6-7-13(12)18/h2-8H,9H2,1H3,(H,19,21)(H,20,22). The van der Waals surface area contributed by atoms with Crippen molar-refractivity contribution in [3.05, 3.63) is 63.1 Å². The Hall–Kier alpha value is -2.05. The Bertz CT molecular complexity index is 737. The zero-order valence-electron chi connectivity index (χ0n) is 12.2. The maximum absolute atomic E-state index is 12.0. The van der Waals surface area contributed by atoms with Crippen molar-refractivity contribution >= 4 is 39.3 Å². The van der Waals surface area contributed by atoms with Crippen molar-refractivity contribution in [2.75, 3.05) is 6.61 Å². The molecule has 0 aliphatic rings. The molecule has 7 heteroatoms. The minimum Gasteiger partial charge on any atom is -0.483 e. The van der Waals surface area contributed by atoms with E-state index in [1.165, 1.54) is 0 Å². The first-order valence-corrected chi connectivity index (χ1v) is 7.87. The molecular weight excluding hydrogens is 384 g/mol. The van der Waals surface area contributed by atoms with E-state index in [-0.39, 0.29) is 17.2 Å². The number of hydrazine groups is 1. The molecule has 2 rings (SSSR count). The molecule has 2 amide bonds. The average Bonchev–Trinajstić information content (AvgIpc) is 2.54. The van der Waals surface area contributed by atoms with Crippen molar-refractivity contribution < 1.29 is 14.3 Å². The van der Waals surface area contributed by atoms with Crippen LogP contribution in [0.5, 0.6) is 5.75 Å². The second kappa shape index (κ2) is 7.99. The predicted octanol–water partition coefficient (Wildman–Crippen LogP) is 3.25. The summed E-state index contributed by atoms with van der Waals surface area (Å²) in [4.78, 5) is 23.7. The van der Waals surface area contributed by atoms with Crippen LogP contribution in [0.1, 0.15) is 15.9 Å². The summed E-state index contributed by atoms with van der Waals surface area (Å²) in [6.45, 7) is 1.67. The molecule has 0 saturated carbocycles. The minimum atomic E-state index is -0.513. The van der Waals surface area contributed by atoms with Crippen molar-refractivity contribution in [2.24, 2.45) is 0 Å². The number of halogens is 2. The quantitative estimate of drug-likeness (QED) is 0.778. The molecule has 23 heavy (non-hydrogen) atoms. The number of carbonyl (C=O) groups is 2. The molecule has 0 radical (unpaired) electrons. The first-order valence-electron chi connectivity index (χ1n) is 6.70. The van der Waals surface area contributed by atoms with Gasteiger partial charge in [-0.3, -0.25) is 20.4 Å². The van der Waals surface area contributed by atoms with Gasteiger partial charge in [0.2, 0.25) is 0 Å². The second-order valence-electron chi connectivity index (χ2n) is 4.68. The van der Waals surface area contributed by atoms with Crippen molar-refractivity contribution in [1.82, 2.24) is 10.9 Å². The van der Waals surface area contributed by atoms with E-state index in [9.17, 15) is 9.59 Å². The summed E-state index contributed by atoms with van der Waals surface area (Å²) >= 11 is 9.20. The largest absolute Gasteiger partial charge is 0.483 e. The fourth-order valence-electron chi connectivity index (χ4n) is 1.76.